The van der Waals surface area contributed by atoms with Gasteiger partial charge in [0.1, 0.15) is 0 Å². The van der Waals surface area contributed by atoms with Gasteiger partial charge in [0.2, 0.25) is 10.0 Å². The van der Waals surface area contributed by atoms with E-state index < -0.39 is 10.0 Å². The maximum atomic E-state index is 12.7. The molecule has 1 aliphatic rings. The van der Waals surface area contributed by atoms with Crippen LogP contribution in [0.2, 0.25) is 0 Å². The monoisotopic (exact) mass is 456 g/mol. The van der Waals surface area contributed by atoms with Crippen LogP contribution < -0.4 is 0 Å². The molecule has 0 spiro atoms. The second-order valence-electron chi connectivity index (χ2n) is 7.32. The summed E-state index contributed by atoms with van der Waals surface area (Å²) in [5.41, 5.74) is 1.81. The molecule has 0 N–H and O–H groups in total. The molecule has 0 amide bonds. The van der Waals surface area contributed by atoms with Gasteiger partial charge in [-0.05, 0) is 36.0 Å². The van der Waals surface area contributed by atoms with E-state index in [2.05, 4.69) is 15.0 Å². The van der Waals surface area contributed by atoms with E-state index >= 15 is 0 Å². The molecule has 4 rings (SSSR count). The van der Waals surface area contributed by atoms with Gasteiger partial charge >= 0.3 is 0 Å². The molecule has 0 aliphatic carbocycles. The second-order valence-corrected chi connectivity index (χ2v) is 9.50. The molecule has 1 aromatic carbocycles. The van der Waals surface area contributed by atoms with Gasteiger partial charge in [-0.1, -0.05) is 30.3 Å². The maximum absolute atomic E-state index is 12.7. The van der Waals surface area contributed by atoms with Crippen LogP contribution in [0, 0.1) is 4.77 Å². The number of aromatic nitrogens is 4. The van der Waals surface area contributed by atoms with E-state index in [1.807, 2.05) is 54.1 Å². The van der Waals surface area contributed by atoms with E-state index in [0.717, 1.165) is 17.0 Å². The fourth-order valence-corrected chi connectivity index (χ4v) is 4.82. The second kappa shape index (κ2) is 9.23. The summed E-state index contributed by atoms with van der Waals surface area (Å²) in [5, 5.41) is 5.95. The van der Waals surface area contributed by atoms with Gasteiger partial charge in [-0.15, -0.1) is 0 Å². The van der Waals surface area contributed by atoms with Crippen LogP contribution in [0.1, 0.15) is 5.56 Å². The average molecular weight is 457 g/mol. The Bertz CT molecular complexity index is 1210. The fraction of sp³-hybridized carbons (Fsp3) is 0.286. The van der Waals surface area contributed by atoms with E-state index in [1.165, 1.54) is 9.71 Å². The van der Waals surface area contributed by atoms with Crippen molar-refractivity contribution >= 4 is 28.3 Å². The van der Waals surface area contributed by atoms with Crippen LogP contribution in [0.4, 0.5) is 0 Å². The van der Waals surface area contributed by atoms with Gasteiger partial charge in [0, 0.05) is 56.6 Å². The smallest absolute Gasteiger partial charge is 0.236 e. The maximum Gasteiger partial charge on any atom is 0.236 e. The quantitative estimate of drug-likeness (QED) is 0.531. The molecule has 0 unspecified atom stereocenters. The Kier molecular flexibility index (Phi) is 6.42. The highest BCUT2D eigenvalue weighted by atomic mass is 32.2. The summed E-state index contributed by atoms with van der Waals surface area (Å²) in [4.78, 5) is 6.20. The first-order valence-corrected chi connectivity index (χ1v) is 11.8. The Morgan fingerprint density at radius 3 is 2.39 bits per heavy atom. The minimum atomic E-state index is -3.45. The first kappa shape index (κ1) is 21.6. The van der Waals surface area contributed by atoms with E-state index in [1.54, 1.807) is 23.2 Å². The van der Waals surface area contributed by atoms with Crippen LogP contribution in [0.5, 0.6) is 0 Å². The standard InChI is InChI=1S/C21H24N6O2S2/c1-24-20(19-7-10-22-11-8-19)23-27(21(24)30)17-25-12-14-26(15-13-25)31(28,29)16-9-18-5-3-2-4-6-18/h2-11,16H,12-15,17H2,1H3/b16-9+. The Morgan fingerprint density at radius 1 is 1.03 bits per heavy atom. The lowest BCUT2D eigenvalue weighted by Gasteiger charge is -2.32. The SMILES string of the molecule is Cn1c(-c2ccncc2)nn(CN2CCN(S(=O)(=O)/C=C/c3ccccc3)CC2)c1=S. The van der Waals surface area contributed by atoms with Crippen molar-refractivity contribution in [2.45, 2.75) is 6.67 Å². The van der Waals surface area contributed by atoms with Gasteiger partial charge in [-0.3, -0.25) is 9.88 Å². The molecule has 2 aromatic heterocycles. The Morgan fingerprint density at radius 2 is 1.71 bits per heavy atom. The predicted octanol–water partition coefficient (Wildman–Crippen LogP) is 2.59. The first-order valence-electron chi connectivity index (χ1n) is 9.94. The summed E-state index contributed by atoms with van der Waals surface area (Å²) in [6.45, 7) is 2.60. The topological polar surface area (TPSA) is 76.3 Å². The zero-order valence-electron chi connectivity index (χ0n) is 17.2. The molecule has 3 heterocycles. The van der Waals surface area contributed by atoms with Crippen LogP contribution >= 0.6 is 12.2 Å². The predicted molar refractivity (Wildman–Crippen MR) is 123 cm³/mol. The highest BCUT2D eigenvalue weighted by molar-refractivity contribution is 7.92. The minimum absolute atomic E-state index is 0.429. The number of benzene rings is 1. The van der Waals surface area contributed by atoms with Crippen LogP contribution in [0.25, 0.3) is 17.5 Å². The van der Waals surface area contributed by atoms with E-state index in [9.17, 15) is 8.42 Å². The zero-order chi connectivity index (χ0) is 21.8. The summed E-state index contributed by atoms with van der Waals surface area (Å²) in [5.74, 6) is 0.777. The van der Waals surface area contributed by atoms with E-state index in [4.69, 9.17) is 12.2 Å². The molecule has 8 nitrogen and oxygen atoms in total. The van der Waals surface area contributed by atoms with Crippen molar-refractivity contribution < 1.29 is 8.42 Å². The average Bonchev–Trinajstić information content (AvgIpc) is 3.08. The van der Waals surface area contributed by atoms with Crippen LogP contribution in [-0.4, -0.2) is 63.1 Å². The van der Waals surface area contributed by atoms with E-state index in [-0.39, 0.29) is 0 Å². The van der Waals surface area contributed by atoms with Crippen LogP contribution in [-0.2, 0) is 23.7 Å². The van der Waals surface area contributed by atoms with Crippen molar-refractivity contribution in [1.29, 1.82) is 0 Å². The third-order valence-electron chi connectivity index (χ3n) is 5.24. The third-order valence-corrected chi connectivity index (χ3v) is 7.29. The highest BCUT2D eigenvalue weighted by Crippen LogP contribution is 2.17. The molecule has 10 heteroatoms. The van der Waals surface area contributed by atoms with Crippen LogP contribution in [0.3, 0.4) is 0 Å². The van der Waals surface area contributed by atoms with Gasteiger partial charge in [-0.2, -0.15) is 9.40 Å². The number of hydrogen-bond donors (Lipinski definition) is 0. The Hall–Kier alpha value is -2.66. The molecular weight excluding hydrogens is 432 g/mol. The molecule has 162 valence electrons. The summed E-state index contributed by atoms with van der Waals surface area (Å²) in [6.07, 6.45) is 5.09. The van der Waals surface area contributed by atoms with Gasteiger partial charge in [-0.25, -0.2) is 13.1 Å². The van der Waals surface area contributed by atoms with Crippen molar-refractivity contribution in [2.24, 2.45) is 7.05 Å². The number of rotatable bonds is 6. The Balaban J connectivity index is 1.40. The lowest BCUT2D eigenvalue weighted by molar-refractivity contribution is 0.145. The molecule has 1 aliphatic heterocycles. The third kappa shape index (κ3) is 4.99. The molecule has 0 radical (unpaired) electrons. The van der Waals surface area contributed by atoms with Gasteiger partial charge < -0.3 is 4.57 Å². The number of sulfonamides is 1. The summed E-state index contributed by atoms with van der Waals surface area (Å²) < 4.78 is 31.1. The molecule has 1 saturated heterocycles. The zero-order valence-corrected chi connectivity index (χ0v) is 18.8. The lowest BCUT2D eigenvalue weighted by atomic mass is 10.2. The highest BCUT2D eigenvalue weighted by Gasteiger charge is 2.25. The van der Waals surface area contributed by atoms with Gasteiger partial charge in [0.05, 0.1) is 6.67 Å². The molecule has 3 aromatic rings. The van der Waals surface area contributed by atoms with Gasteiger partial charge in [0.15, 0.2) is 10.6 Å². The first-order chi connectivity index (χ1) is 14.9. The molecular formula is C21H24N6O2S2. The largest absolute Gasteiger partial charge is 0.303 e. The summed E-state index contributed by atoms with van der Waals surface area (Å²) in [7, 11) is -1.56. The number of piperazine rings is 1. The fourth-order valence-electron chi connectivity index (χ4n) is 3.46. The van der Waals surface area contributed by atoms with Gasteiger partial charge in [0.25, 0.3) is 0 Å². The van der Waals surface area contributed by atoms with Crippen molar-refractivity contribution in [3.05, 3.63) is 70.6 Å². The summed E-state index contributed by atoms with van der Waals surface area (Å²) >= 11 is 5.55. The Labute approximate surface area is 187 Å². The van der Waals surface area contributed by atoms with Crippen molar-refractivity contribution in [1.82, 2.24) is 28.5 Å². The van der Waals surface area contributed by atoms with Crippen molar-refractivity contribution in [3.63, 3.8) is 0 Å². The minimum Gasteiger partial charge on any atom is -0.303 e. The molecule has 0 bridgehead atoms. The van der Waals surface area contributed by atoms with Crippen molar-refractivity contribution in [2.75, 3.05) is 26.2 Å². The van der Waals surface area contributed by atoms with Crippen molar-refractivity contribution in [3.8, 4) is 11.4 Å². The number of hydrogen-bond acceptors (Lipinski definition) is 6. The molecule has 0 saturated carbocycles. The normalized spacial score (nSPS) is 16.2. The van der Waals surface area contributed by atoms with Crippen LogP contribution in [0.15, 0.2) is 60.3 Å². The number of nitrogens with zero attached hydrogens (tertiary/aromatic N) is 6. The molecule has 0 atom stereocenters. The number of pyridine rings is 1. The van der Waals surface area contributed by atoms with E-state index in [0.29, 0.717) is 37.6 Å². The lowest BCUT2D eigenvalue weighted by Crippen LogP contribution is -2.48. The molecule has 31 heavy (non-hydrogen) atoms. The molecule has 1 fully saturated rings. The summed E-state index contributed by atoms with van der Waals surface area (Å²) in [6, 6.07) is 13.2.